The van der Waals surface area contributed by atoms with Gasteiger partial charge in [0.1, 0.15) is 6.10 Å². The third-order valence-corrected chi connectivity index (χ3v) is 3.90. The number of aromatic nitrogens is 2. The van der Waals surface area contributed by atoms with Crippen LogP contribution in [-0.2, 0) is 11.3 Å². The molecule has 9 nitrogen and oxygen atoms in total. The smallest absolute Gasteiger partial charge is 0.319 e. The molecule has 9 heteroatoms. The SMILES string of the molecule is CC(C)NC(=O)c1cccc(NC(=O)NCc2noc([C@@H]3CCCO3)n2)c1. The highest BCUT2D eigenvalue weighted by atomic mass is 16.5. The Labute approximate surface area is 156 Å². The molecule has 0 saturated carbocycles. The topological polar surface area (TPSA) is 118 Å². The van der Waals surface area contributed by atoms with Crippen LogP contribution in [0.4, 0.5) is 10.5 Å². The minimum Gasteiger partial charge on any atom is -0.368 e. The molecular weight excluding hydrogens is 350 g/mol. The Morgan fingerprint density at radius 1 is 1.33 bits per heavy atom. The molecule has 0 spiro atoms. The maximum atomic E-state index is 12.1. The number of urea groups is 1. The number of nitrogens with one attached hydrogen (secondary N) is 3. The molecule has 3 rings (SSSR count). The van der Waals surface area contributed by atoms with E-state index in [1.165, 1.54) is 0 Å². The summed E-state index contributed by atoms with van der Waals surface area (Å²) in [6.45, 7) is 4.58. The molecule has 1 aliphatic rings. The van der Waals surface area contributed by atoms with Crippen molar-refractivity contribution >= 4 is 17.6 Å². The van der Waals surface area contributed by atoms with Gasteiger partial charge in [-0.2, -0.15) is 4.98 Å². The summed E-state index contributed by atoms with van der Waals surface area (Å²) in [5, 5.41) is 12.0. The zero-order valence-electron chi connectivity index (χ0n) is 15.3. The second-order valence-corrected chi connectivity index (χ2v) is 6.57. The van der Waals surface area contributed by atoms with E-state index in [-0.39, 0.29) is 24.6 Å². The molecule has 2 aromatic rings. The summed E-state index contributed by atoms with van der Waals surface area (Å²) in [5.41, 5.74) is 0.984. The van der Waals surface area contributed by atoms with Crippen molar-refractivity contribution < 1.29 is 18.8 Å². The fourth-order valence-corrected chi connectivity index (χ4v) is 2.66. The average molecular weight is 373 g/mol. The van der Waals surface area contributed by atoms with Crippen LogP contribution in [-0.4, -0.2) is 34.7 Å². The van der Waals surface area contributed by atoms with Gasteiger partial charge in [0.25, 0.3) is 11.8 Å². The van der Waals surface area contributed by atoms with Crippen LogP contribution < -0.4 is 16.0 Å². The van der Waals surface area contributed by atoms with Gasteiger partial charge in [0.05, 0.1) is 6.54 Å². The predicted molar refractivity (Wildman–Crippen MR) is 97.1 cm³/mol. The number of nitrogens with zero attached hydrogens (tertiary/aromatic N) is 2. The fraction of sp³-hybridized carbons (Fsp3) is 0.444. The monoisotopic (exact) mass is 373 g/mol. The molecule has 0 unspecified atom stereocenters. The number of benzene rings is 1. The Morgan fingerprint density at radius 2 is 2.19 bits per heavy atom. The Hall–Kier alpha value is -2.94. The summed E-state index contributed by atoms with van der Waals surface area (Å²) in [4.78, 5) is 28.4. The van der Waals surface area contributed by atoms with Crippen LogP contribution in [0.5, 0.6) is 0 Å². The minimum atomic E-state index is -0.431. The lowest BCUT2D eigenvalue weighted by Gasteiger charge is -2.10. The maximum absolute atomic E-state index is 12.1. The fourth-order valence-electron chi connectivity index (χ4n) is 2.66. The zero-order valence-corrected chi connectivity index (χ0v) is 15.3. The lowest BCUT2D eigenvalue weighted by Crippen LogP contribution is -2.30. The third kappa shape index (κ3) is 5.27. The van der Waals surface area contributed by atoms with E-state index < -0.39 is 6.03 Å². The van der Waals surface area contributed by atoms with E-state index in [2.05, 4.69) is 26.1 Å². The third-order valence-electron chi connectivity index (χ3n) is 3.90. The van der Waals surface area contributed by atoms with Crippen molar-refractivity contribution in [1.82, 2.24) is 20.8 Å². The highest BCUT2D eigenvalue weighted by molar-refractivity contribution is 5.96. The zero-order chi connectivity index (χ0) is 19.2. The summed E-state index contributed by atoms with van der Waals surface area (Å²) < 4.78 is 10.7. The molecule has 1 aromatic carbocycles. The van der Waals surface area contributed by atoms with E-state index in [0.717, 1.165) is 12.8 Å². The molecule has 144 valence electrons. The van der Waals surface area contributed by atoms with Gasteiger partial charge in [0.15, 0.2) is 5.82 Å². The van der Waals surface area contributed by atoms with Gasteiger partial charge < -0.3 is 25.2 Å². The number of rotatable bonds is 6. The van der Waals surface area contributed by atoms with Crippen LogP contribution in [0.2, 0.25) is 0 Å². The molecule has 1 atom stereocenters. The summed E-state index contributed by atoms with van der Waals surface area (Å²) >= 11 is 0. The van der Waals surface area contributed by atoms with Gasteiger partial charge in [-0.1, -0.05) is 11.2 Å². The van der Waals surface area contributed by atoms with Crippen LogP contribution in [0.15, 0.2) is 28.8 Å². The first kappa shape index (κ1) is 18.8. The van der Waals surface area contributed by atoms with Crippen molar-refractivity contribution in [3.8, 4) is 0 Å². The van der Waals surface area contributed by atoms with Crippen molar-refractivity contribution in [2.24, 2.45) is 0 Å². The van der Waals surface area contributed by atoms with Gasteiger partial charge in [-0.15, -0.1) is 0 Å². The van der Waals surface area contributed by atoms with Crippen molar-refractivity contribution in [1.29, 1.82) is 0 Å². The summed E-state index contributed by atoms with van der Waals surface area (Å²) in [7, 11) is 0. The van der Waals surface area contributed by atoms with Gasteiger partial charge in [-0.25, -0.2) is 4.79 Å². The Bertz CT molecular complexity index is 799. The highest BCUT2D eigenvalue weighted by Crippen LogP contribution is 2.26. The van der Waals surface area contributed by atoms with E-state index in [4.69, 9.17) is 9.26 Å². The number of carbonyl (C=O) groups is 2. The molecule has 0 bridgehead atoms. The van der Waals surface area contributed by atoms with Crippen LogP contribution in [0, 0.1) is 0 Å². The number of hydrogen-bond donors (Lipinski definition) is 3. The normalized spacial score (nSPS) is 16.3. The number of anilines is 1. The molecule has 3 N–H and O–H groups in total. The Kier molecular flexibility index (Phi) is 6.02. The molecule has 0 aliphatic carbocycles. The molecule has 27 heavy (non-hydrogen) atoms. The minimum absolute atomic E-state index is 0.0342. The van der Waals surface area contributed by atoms with Crippen LogP contribution in [0.25, 0.3) is 0 Å². The molecule has 3 amide bonds. The van der Waals surface area contributed by atoms with Crippen molar-refractivity contribution in [2.75, 3.05) is 11.9 Å². The standard InChI is InChI=1S/C18H23N5O4/c1-11(2)20-16(24)12-5-3-6-13(9-12)21-18(25)19-10-15-22-17(27-23-15)14-7-4-8-26-14/h3,5-6,9,11,14H,4,7-8,10H2,1-2H3,(H,20,24)(H2,19,21,25)/t14-/m0/s1. The van der Waals surface area contributed by atoms with Crippen molar-refractivity contribution in [2.45, 2.75) is 45.4 Å². The van der Waals surface area contributed by atoms with Crippen molar-refractivity contribution in [3.05, 3.63) is 41.5 Å². The molecule has 0 radical (unpaired) electrons. The summed E-state index contributed by atoms with van der Waals surface area (Å²) in [5.74, 6) is 0.622. The van der Waals surface area contributed by atoms with Crippen LogP contribution >= 0.6 is 0 Å². The van der Waals surface area contributed by atoms with E-state index in [1.807, 2.05) is 13.8 Å². The second kappa shape index (κ2) is 8.63. The van der Waals surface area contributed by atoms with Crippen LogP contribution in [0.1, 0.15) is 54.9 Å². The van der Waals surface area contributed by atoms with E-state index in [1.54, 1.807) is 24.3 Å². The van der Waals surface area contributed by atoms with Crippen LogP contribution in [0.3, 0.4) is 0 Å². The number of carbonyl (C=O) groups excluding carboxylic acids is 2. The summed E-state index contributed by atoms with van der Waals surface area (Å²) in [6.07, 6.45) is 1.67. The number of ether oxygens (including phenoxy) is 1. The molecule has 1 saturated heterocycles. The molecule has 1 fully saturated rings. The Morgan fingerprint density at radius 3 is 2.93 bits per heavy atom. The second-order valence-electron chi connectivity index (χ2n) is 6.57. The quantitative estimate of drug-likeness (QED) is 0.715. The maximum Gasteiger partial charge on any atom is 0.319 e. The molecule has 1 aliphatic heterocycles. The highest BCUT2D eigenvalue weighted by Gasteiger charge is 2.23. The lowest BCUT2D eigenvalue weighted by molar-refractivity contribution is 0.0835. The van der Waals surface area contributed by atoms with E-state index in [9.17, 15) is 9.59 Å². The summed E-state index contributed by atoms with van der Waals surface area (Å²) in [6, 6.07) is 6.31. The predicted octanol–water partition coefficient (Wildman–Crippen LogP) is 2.38. The van der Waals surface area contributed by atoms with E-state index >= 15 is 0 Å². The van der Waals surface area contributed by atoms with E-state index in [0.29, 0.717) is 29.6 Å². The van der Waals surface area contributed by atoms with Gasteiger partial charge >= 0.3 is 6.03 Å². The molecule has 2 heterocycles. The van der Waals surface area contributed by atoms with Gasteiger partial charge in [0.2, 0.25) is 0 Å². The lowest BCUT2D eigenvalue weighted by atomic mass is 10.2. The average Bonchev–Trinajstić information content (AvgIpc) is 3.31. The molecular formula is C18H23N5O4. The molecule has 1 aromatic heterocycles. The first-order chi connectivity index (χ1) is 13.0. The van der Waals surface area contributed by atoms with Crippen molar-refractivity contribution in [3.63, 3.8) is 0 Å². The van der Waals surface area contributed by atoms with Gasteiger partial charge in [-0.3, -0.25) is 4.79 Å². The first-order valence-corrected chi connectivity index (χ1v) is 8.91. The number of amides is 3. The van der Waals surface area contributed by atoms with Gasteiger partial charge in [0, 0.05) is 23.9 Å². The van der Waals surface area contributed by atoms with Gasteiger partial charge in [-0.05, 0) is 44.9 Å². The largest absolute Gasteiger partial charge is 0.368 e. The Balaban J connectivity index is 1.51. The number of hydrogen-bond acceptors (Lipinski definition) is 6. The first-order valence-electron chi connectivity index (χ1n) is 8.91.